The van der Waals surface area contributed by atoms with Crippen molar-refractivity contribution in [2.24, 2.45) is 0 Å². The monoisotopic (exact) mass is 116 g/mol. The van der Waals surface area contributed by atoms with Crippen LogP contribution in [0.2, 0.25) is 0 Å². The lowest BCUT2D eigenvalue weighted by Gasteiger charge is -1.79. The molecule has 1 rings (SSSR count). The molecule has 1 N–H and O–H groups in total. The fourth-order valence-corrected chi connectivity index (χ4v) is 0. The van der Waals surface area contributed by atoms with E-state index >= 15 is 0 Å². The molecule has 0 unspecified atom stereocenters. The Morgan fingerprint density at radius 1 is 1.75 bits per heavy atom. The molecule has 1 aliphatic rings. The van der Waals surface area contributed by atoms with Gasteiger partial charge in [0.1, 0.15) is 0 Å². The summed E-state index contributed by atoms with van der Waals surface area (Å²) in [7, 11) is 0. The molecule has 1 saturated heterocycles. The van der Waals surface area contributed by atoms with E-state index < -0.39 is 0 Å². The number of aliphatic hydroxyl groups is 1. The summed E-state index contributed by atoms with van der Waals surface area (Å²) in [6.07, 6.45) is 0. The summed E-state index contributed by atoms with van der Waals surface area (Å²) in [5.74, 6) is 0. The quantitative estimate of drug-likeness (QED) is 0.401. The third-order valence-corrected chi connectivity index (χ3v) is 0.474. The molecule has 0 saturated carbocycles. The Labute approximate surface area is 49.8 Å². The van der Waals surface area contributed by atoms with Gasteiger partial charge in [-0.05, 0) is 6.92 Å². The van der Waals surface area contributed by atoms with E-state index in [-0.39, 0.29) is 6.61 Å². The molecule has 2 heteroatoms. The van der Waals surface area contributed by atoms with Gasteiger partial charge in [-0.25, -0.2) is 0 Å². The van der Waals surface area contributed by atoms with Crippen LogP contribution in [0.5, 0.6) is 0 Å². The first-order valence-corrected chi connectivity index (χ1v) is 2.60. The highest BCUT2D eigenvalue weighted by molar-refractivity contribution is 4.85. The minimum absolute atomic E-state index is 0.111. The molecule has 1 heterocycles. The van der Waals surface area contributed by atoms with E-state index in [9.17, 15) is 0 Å². The molecule has 1 fully saturated rings. The molecule has 48 valence electrons. The molecule has 2 nitrogen and oxygen atoms in total. The van der Waals surface area contributed by atoms with Crippen molar-refractivity contribution in [3.8, 4) is 0 Å². The zero-order chi connectivity index (χ0) is 6.41. The van der Waals surface area contributed by atoms with E-state index in [1.807, 2.05) is 0 Å². The molecule has 8 heavy (non-hydrogen) atoms. The maximum atomic E-state index is 8.04. The van der Waals surface area contributed by atoms with Crippen molar-refractivity contribution >= 4 is 0 Å². The van der Waals surface area contributed by atoms with E-state index in [1.54, 1.807) is 6.92 Å². The topological polar surface area (TPSA) is 32.8 Å². The van der Waals surface area contributed by atoms with E-state index in [4.69, 9.17) is 5.11 Å². The smallest absolute Gasteiger partial charge is 0.0701 e. The van der Waals surface area contributed by atoms with Gasteiger partial charge in [0.25, 0.3) is 0 Å². The summed E-state index contributed by atoms with van der Waals surface area (Å²) in [4.78, 5) is 0. The number of aliphatic hydroxyl groups excluding tert-OH is 1. The Hall–Kier alpha value is -0.340. The molecule has 0 radical (unpaired) electrons. The highest BCUT2D eigenvalue weighted by atomic mass is 16.6. The normalized spacial score (nSPS) is 13.8. The summed E-state index contributed by atoms with van der Waals surface area (Å²) in [6.45, 7) is 7.31. The molecule has 0 amide bonds. The summed E-state index contributed by atoms with van der Waals surface area (Å²) in [6, 6.07) is 0. The van der Waals surface area contributed by atoms with Crippen LogP contribution in [0.15, 0.2) is 12.2 Å². The number of rotatable bonds is 1. The SMILES string of the molecule is C1CO1.C=C(C)CO. The second-order valence-corrected chi connectivity index (χ2v) is 1.73. The van der Waals surface area contributed by atoms with Crippen molar-refractivity contribution < 1.29 is 9.84 Å². The maximum absolute atomic E-state index is 8.04. The fourth-order valence-electron chi connectivity index (χ4n) is 0. The van der Waals surface area contributed by atoms with Crippen molar-refractivity contribution in [1.82, 2.24) is 0 Å². The third-order valence-electron chi connectivity index (χ3n) is 0.474. The lowest BCUT2D eigenvalue weighted by Crippen LogP contribution is -1.76. The zero-order valence-corrected chi connectivity index (χ0v) is 5.18. The fraction of sp³-hybridized carbons (Fsp3) is 0.667. The van der Waals surface area contributed by atoms with Crippen LogP contribution in [0.3, 0.4) is 0 Å². The van der Waals surface area contributed by atoms with E-state index in [2.05, 4.69) is 11.3 Å². The van der Waals surface area contributed by atoms with Crippen LogP contribution in [0.25, 0.3) is 0 Å². The van der Waals surface area contributed by atoms with Crippen LogP contribution < -0.4 is 0 Å². The highest BCUT2D eigenvalue weighted by Gasteiger charge is 1.94. The molecule has 0 aromatic carbocycles. The largest absolute Gasteiger partial charge is 0.392 e. The molecular formula is C6H12O2. The van der Waals surface area contributed by atoms with E-state index in [0.717, 1.165) is 18.8 Å². The van der Waals surface area contributed by atoms with Crippen molar-refractivity contribution in [3.63, 3.8) is 0 Å². The first kappa shape index (κ1) is 7.66. The summed E-state index contributed by atoms with van der Waals surface area (Å²) in [5, 5.41) is 8.04. The molecule has 0 bridgehead atoms. The summed E-state index contributed by atoms with van der Waals surface area (Å²) in [5.41, 5.74) is 0.810. The number of hydrogen-bond acceptors (Lipinski definition) is 2. The standard InChI is InChI=1S/C4H8O.C2H4O/c1-4(2)3-5;1-2-3-1/h5H,1,3H2,2H3;1-2H2. The first-order chi connectivity index (χ1) is 3.77. The van der Waals surface area contributed by atoms with Crippen LogP contribution in [0, 0.1) is 0 Å². The minimum Gasteiger partial charge on any atom is -0.392 e. The predicted molar refractivity (Wildman–Crippen MR) is 32.7 cm³/mol. The Morgan fingerprint density at radius 2 is 2.00 bits per heavy atom. The van der Waals surface area contributed by atoms with Crippen LogP contribution in [-0.4, -0.2) is 24.9 Å². The Morgan fingerprint density at radius 3 is 2.00 bits per heavy atom. The first-order valence-electron chi connectivity index (χ1n) is 2.60. The van der Waals surface area contributed by atoms with Crippen molar-refractivity contribution in [2.45, 2.75) is 6.92 Å². The van der Waals surface area contributed by atoms with Gasteiger partial charge in [0.05, 0.1) is 19.8 Å². The number of ether oxygens (including phenoxy) is 1. The van der Waals surface area contributed by atoms with Crippen molar-refractivity contribution in [2.75, 3.05) is 19.8 Å². The third kappa shape index (κ3) is 17.4. The van der Waals surface area contributed by atoms with Gasteiger partial charge in [-0.2, -0.15) is 0 Å². The lowest BCUT2D eigenvalue weighted by molar-refractivity contribution is 0.332. The molecule has 0 atom stereocenters. The average molecular weight is 116 g/mol. The van der Waals surface area contributed by atoms with Gasteiger partial charge in [-0.1, -0.05) is 12.2 Å². The van der Waals surface area contributed by atoms with Crippen LogP contribution >= 0.6 is 0 Å². The zero-order valence-electron chi connectivity index (χ0n) is 5.18. The van der Waals surface area contributed by atoms with Gasteiger partial charge in [0.2, 0.25) is 0 Å². The molecule has 0 aliphatic carbocycles. The Bertz CT molecular complexity index is 64.2. The maximum Gasteiger partial charge on any atom is 0.0701 e. The Kier molecular flexibility index (Phi) is 4.61. The van der Waals surface area contributed by atoms with Gasteiger partial charge in [-0.3, -0.25) is 0 Å². The van der Waals surface area contributed by atoms with Gasteiger partial charge in [0, 0.05) is 0 Å². The van der Waals surface area contributed by atoms with Gasteiger partial charge >= 0.3 is 0 Å². The highest BCUT2D eigenvalue weighted by Crippen LogP contribution is 1.84. The second-order valence-electron chi connectivity index (χ2n) is 1.73. The van der Waals surface area contributed by atoms with Crippen LogP contribution in [-0.2, 0) is 4.74 Å². The molecule has 0 aromatic rings. The van der Waals surface area contributed by atoms with Gasteiger partial charge < -0.3 is 9.84 Å². The second kappa shape index (κ2) is 4.81. The average Bonchev–Trinajstić information content (AvgIpc) is 2.48. The van der Waals surface area contributed by atoms with Gasteiger partial charge in [0.15, 0.2) is 0 Å². The van der Waals surface area contributed by atoms with Crippen molar-refractivity contribution in [3.05, 3.63) is 12.2 Å². The van der Waals surface area contributed by atoms with Crippen LogP contribution in [0.4, 0.5) is 0 Å². The predicted octanol–water partition coefficient (Wildman–Crippen LogP) is 0.571. The van der Waals surface area contributed by atoms with E-state index in [0.29, 0.717) is 0 Å². The van der Waals surface area contributed by atoms with Crippen molar-refractivity contribution in [1.29, 1.82) is 0 Å². The summed E-state index contributed by atoms with van der Waals surface area (Å²) >= 11 is 0. The number of hydrogen-bond donors (Lipinski definition) is 1. The van der Waals surface area contributed by atoms with Gasteiger partial charge in [-0.15, -0.1) is 0 Å². The Balaban J connectivity index is 0.000000135. The summed E-state index contributed by atoms with van der Waals surface area (Å²) < 4.78 is 4.50. The van der Waals surface area contributed by atoms with Crippen LogP contribution in [0.1, 0.15) is 6.92 Å². The number of epoxide rings is 1. The molecule has 0 aromatic heterocycles. The van der Waals surface area contributed by atoms with E-state index in [1.165, 1.54) is 0 Å². The molecular weight excluding hydrogens is 104 g/mol. The molecule has 1 aliphatic heterocycles. The minimum atomic E-state index is 0.111. The lowest BCUT2D eigenvalue weighted by atomic mass is 10.4. The molecule has 0 spiro atoms.